The maximum Gasteiger partial charge on any atom is 0.416 e. The lowest BCUT2D eigenvalue weighted by atomic mass is 9.98. The Bertz CT molecular complexity index is 492. The van der Waals surface area contributed by atoms with Crippen LogP contribution in [0.3, 0.4) is 0 Å². The summed E-state index contributed by atoms with van der Waals surface area (Å²) in [5.41, 5.74) is 4.74. The van der Waals surface area contributed by atoms with Crippen LogP contribution in [0.2, 0.25) is 0 Å². The van der Waals surface area contributed by atoms with Crippen LogP contribution in [0.15, 0.2) is 18.2 Å². The van der Waals surface area contributed by atoms with E-state index in [1.165, 1.54) is 6.07 Å². The molecular formula is C14H18F4N2O. The van der Waals surface area contributed by atoms with Crippen LogP contribution in [-0.2, 0) is 10.9 Å². The zero-order valence-electron chi connectivity index (χ0n) is 11.7. The van der Waals surface area contributed by atoms with Gasteiger partial charge in [-0.2, -0.15) is 13.2 Å². The summed E-state index contributed by atoms with van der Waals surface area (Å²) in [4.78, 5) is 1.86. The summed E-state index contributed by atoms with van der Waals surface area (Å²) in [7, 11) is 1.57. The van der Waals surface area contributed by atoms with Crippen molar-refractivity contribution in [3.63, 3.8) is 0 Å². The Kier molecular flexibility index (Phi) is 4.85. The number of ether oxygens (including phenoxy) is 1. The van der Waals surface area contributed by atoms with Crippen LogP contribution in [0.4, 0.5) is 17.6 Å². The van der Waals surface area contributed by atoms with Gasteiger partial charge in [0.05, 0.1) is 11.7 Å². The topological polar surface area (TPSA) is 38.5 Å². The highest BCUT2D eigenvalue weighted by molar-refractivity contribution is 5.33. The molecule has 1 aliphatic rings. The molecule has 2 rings (SSSR count). The van der Waals surface area contributed by atoms with Crippen molar-refractivity contribution in [2.45, 2.75) is 24.7 Å². The molecule has 0 aliphatic carbocycles. The molecular weight excluding hydrogens is 288 g/mol. The predicted molar refractivity (Wildman–Crippen MR) is 70.2 cm³/mol. The molecule has 1 aromatic rings. The Morgan fingerprint density at radius 2 is 2.14 bits per heavy atom. The second kappa shape index (κ2) is 6.29. The molecule has 0 amide bonds. The third kappa shape index (κ3) is 3.53. The minimum Gasteiger partial charge on any atom is -0.380 e. The Morgan fingerprint density at radius 3 is 2.67 bits per heavy atom. The molecule has 7 heteroatoms. The summed E-state index contributed by atoms with van der Waals surface area (Å²) in [5, 5.41) is 0. The molecule has 0 bridgehead atoms. The number of halogens is 4. The summed E-state index contributed by atoms with van der Waals surface area (Å²) >= 11 is 0. The van der Waals surface area contributed by atoms with Crippen LogP contribution in [-0.4, -0.2) is 37.7 Å². The number of methoxy groups -OCH3 is 1. The molecule has 0 radical (unpaired) electrons. The maximum absolute atomic E-state index is 13.2. The summed E-state index contributed by atoms with van der Waals surface area (Å²) in [5.74, 6) is -0.905. The van der Waals surface area contributed by atoms with Gasteiger partial charge in [-0.15, -0.1) is 0 Å². The van der Waals surface area contributed by atoms with E-state index in [0.717, 1.165) is 12.5 Å². The van der Waals surface area contributed by atoms with Gasteiger partial charge in [-0.25, -0.2) is 4.39 Å². The Balaban J connectivity index is 2.34. The van der Waals surface area contributed by atoms with Crippen molar-refractivity contribution in [2.75, 3.05) is 26.7 Å². The first-order valence-electron chi connectivity index (χ1n) is 6.70. The SMILES string of the molecule is COC1CCN(C(CN)c2ccc(F)cc2C(F)(F)F)C1. The standard InChI is InChI=1S/C14H18F4N2O/c1-21-10-4-5-20(8-10)13(7-19)11-3-2-9(15)6-12(11)14(16,17)18/h2-3,6,10,13H,4-5,7-8,19H2,1H3. The molecule has 21 heavy (non-hydrogen) atoms. The third-order valence-corrected chi connectivity index (χ3v) is 3.85. The van der Waals surface area contributed by atoms with E-state index >= 15 is 0 Å². The normalized spacial score (nSPS) is 21.7. The van der Waals surface area contributed by atoms with Gasteiger partial charge in [-0.3, -0.25) is 4.90 Å². The Labute approximate surface area is 120 Å². The van der Waals surface area contributed by atoms with Gasteiger partial charge in [0.2, 0.25) is 0 Å². The van der Waals surface area contributed by atoms with E-state index in [0.29, 0.717) is 19.2 Å². The molecule has 0 saturated carbocycles. The van der Waals surface area contributed by atoms with E-state index < -0.39 is 23.6 Å². The first-order valence-corrected chi connectivity index (χ1v) is 6.70. The molecule has 1 heterocycles. The van der Waals surface area contributed by atoms with Crippen molar-refractivity contribution in [1.29, 1.82) is 0 Å². The number of hydrogen-bond acceptors (Lipinski definition) is 3. The minimum atomic E-state index is -4.61. The van der Waals surface area contributed by atoms with Crippen LogP contribution in [0.5, 0.6) is 0 Å². The molecule has 3 nitrogen and oxygen atoms in total. The number of nitrogens with zero attached hydrogens (tertiary/aromatic N) is 1. The van der Waals surface area contributed by atoms with E-state index in [9.17, 15) is 17.6 Å². The van der Waals surface area contributed by atoms with Crippen LogP contribution in [0, 0.1) is 5.82 Å². The molecule has 118 valence electrons. The summed E-state index contributed by atoms with van der Waals surface area (Å²) in [6.45, 7) is 1.16. The lowest BCUT2D eigenvalue weighted by Crippen LogP contribution is -2.34. The van der Waals surface area contributed by atoms with Gasteiger partial charge in [0.25, 0.3) is 0 Å². The molecule has 0 spiro atoms. The fourth-order valence-corrected chi connectivity index (χ4v) is 2.77. The molecule has 0 aromatic heterocycles. The van der Waals surface area contributed by atoms with Gasteiger partial charge >= 0.3 is 6.18 Å². The summed E-state index contributed by atoms with van der Waals surface area (Å²) < 4.78 is 57.7. The molecule has 1 fully saturated rings. The van der Waals surface area contributed by atoms with Crippen LogP contribution >= 0.6 is 0 Å². The number of benzene rings is 1. The average Bonchev–Trinajstić information content (AvgIpc) is 2.89. The van der Waals surface area contributed by atoms with Crippen molar-refractivity contribution in [3.05, 3.63) is 35.1 Å². The van der Waals surface area contributed by atoms with E-state index in [-0.39, 0.29) is 18.2 Å². The lowest BCUT2D eigenvalue weighted by Gasteiger charge is -2.29. The van der Waals surface area contributed by atoms with E-state index in [4.69, 9.17) is 10.5 Å². The lowest BCUT2D eigenvalue weighted by molar-refractivity contribution is -0.139. The zero-order chi connectivity index (χ0) is 15.6. The Hall–Kier alpha value is -1.18. The average molecular weight is 306 g/mol. The number of nitrogens with two attached hydrogens (primary N) is 1. The van der Waals surface area contributed by atoms with Gasteiger partial charge in [-0.1, -0.05) is 6.07 Å². The molecule has 2 atom stereocenters. The summed E-state index contributed by atoms with van der Waals surface area (Å²) in [6.07, 6.45) is -3.87. The number of alkyl halides is 3. The first-order chi connectivity index (χ1) is 9.86. The number of hydrogen-bond donors (Lipinski definition) is 1. The quantitative estimate of drug-likeness (QED) is 0.869. The summed E-state index contributed by atoms with van der Waals surface area (Å²) in [6, 6.07) is 2.15. The van der Waals surface area contributed by atoms with Crippen molar-refractivity contribution in [3.8, 4) is 0 Å². The highest BCUT2D eigenvalue weighted by atomic mass is 19.4. The van der Waals surface area contributed by atoms with E-state index in [2.05, 4.69) is 0 Å². The van der Waals surface area contributed by atoms with Crippen LogP contribution in [0.1, 0.15) is 23.6 Å². The number of likely N-dealkylation sites (tertiary alicyclic amines) is 1. The van der Waals surface area contributed by atoms with Gasteiger partial charge < -0.3 is 10.5 Å². The highest BCUT2D eigenvalue weighted by Crippen LogP contribution is 2.37. The highest BCUT2D eigenvalue weighted by Gasteiger charge is 2.38. The van der Waals surface area contributed by atoms with Crippen LogP contribution in [0.25, 0.3) is 0 Å². The fourth-order valence-electron chi connectivity index (χ4n) is 2.77. The molecule has 2 N–H and O–H groups in total. The minimum absolute atomic E-state index is 0.00571. The number of rotatable bonds is 4. The van der Waals surface area contributed by atoms with E-state index in [1.807, 2.05) is 4.90 Å². The van der Waals surface area contributed by atoms with Crippen LogP contribution < -0.4 is 5.73 Å². The van der Waals surface area contributed by atoms with E-state index in [1.54, 1.807) is 7.11 Å². The van der Waals surface area contributed by atoms with Gasteiger partial charge in [0, 0.05) is 32.8 Å². The van der Waals surface area contributed by atoms with Crippen molar-refractivity contribution in [1.82, 2.24) is 4.90 Å². The largest absolute Gasteiger partial charge is 0.416 e. The van der Waals surface area contributed by atoms with Crippen molar-refractivity contribution in [2.24, 2.45) is 5.73 Å². The second-order valence-electron chi connectivity index (χ2n) is 5.12. The fraction of sp³-hybridized carbons (Fsp3) is 0.571. The second-order valence-corrected chi connectivity index (χ2v) is 5.12. The zero-order valence-corrected chi connectivity index (χ0v) is 11.7. The van der Waals surface area contributed by atoms with Crippen molar-refractivity contribution < 1.29 is 22.3 Å². The van der Waals surface area contributed by atoms with Gasteiger partial charge in [-0.05, 0) is 24.1 Å². The monoisotopic (exact) mass is 306 g/mol. The smallest absolute Gasteiger partial charge is 0.380 e. The Morgan fingerprint density at radius 1 is 1.43 bits per heavy atom. The maximum atomic E-state index is 13.2. The molecule has 2 unspecified atom stereocenters. The predicted octanol–water partition coefficient (Wildman–Crippen LogP) is 2.57. The first kappa shape index (κ1) is 16.2. The van der Waals surface area contributed by atoms with Gasteiger partial charge in [0.1, 0.15) is 5.82 Å². The molecule has 1 saturated heterocycles. The third-order valence-electron chi connectivity index (χ3n) is 3.85. The molecule has 1 aromatic carbocycles. The van der Waals surface area contributed by atoms with Crippen molar-refractivity contribution >= 4 is 0 Å². The molecule has 1 aliphatic heterocycles. The van der Waals surface area contributed by atoms with Gasteiger partial charge in [0.15, 0.2) is 0 Å².